The van der Waals surface area contributed by atoms with Crippen molar-refractivity contribution in [2.45, 2.75) is 9.79 Å². The van der Waals surface area contributed by atoms with Crippen molar-refractivity contribution < 1.29 is 14.7 Å². The molecule has 0 fully saturated rings. The van der Waals surface area contributed by atoms with Crippen LogP contribution in [0.1, 0.15) is 20.7 Å². The number of carbonyl (C=O) groups is 2. The summed E-state index contributed by atoms with van der Waals surface area (Å²) in [6.07, 6.45) is 0.556. The molecule has 0 heterocycles. The van der Waals surface area contributed by atoms with E-state index in [1.165, 1.54) is 23.9 Å². The number of carboxylic acids is 1. The minimum Gasteiger partial charge on any atom is -0.478 e. The molecular weight excluding hydrogens is 248 g/mol. The molecule has 3 nitrogen and oxygen atoms in total. The third kappa shape index (κ3) is 2.78. The lowest BCUT2D eigenvalue weighted by Gasteiger charge is -2.04. The average molecular weight is 258 g/mol. The summed E-state index contributed by atoms with van der Waals surface area (Å²) in [5, 5.41) is 9.02. The van der Waals surface area contributed by atoms with Gasteiger partial charge < -0.3 is 5.11 Å². The second-order valence-corrected chi connectivity index (χ2v) is 4.73. The molecule has 0 unspecified atom stereocenters. The number of carboxylic acid groups (broad SMARTS) is 1. The highest BCUT2D eigenvalue weighted by Gasteiger charge is 2.10. The molecule has 0 saturated heterocycles. The van der Waals surface area contributed by atoms with E-state index in [4.69, 9.17) is 5.11 Å². The number of benzene rings is 2. The third-order valence-corrected chi connectivity index (χ3v) is 3.36. The van der Waals surface area contributed by atoms with Crippen molar-refractivity contribution in [3.63, 3.8) is 0 Å². The Morgan fingerprint density at radius 2 is 1.78 bits per heavy atom. The first kappa shape index (κ1) is 12.4. The normalized spacial score (nSPS) is 10.0. The van der Waals surface area contributed by atoms with Crippen LogP contribution in [0.2, 0.25) is 0 Å². The predicted octanol–water partition coefficient (Wildman–Crippen LogP) is 3.35. The predicted molar refractivity (Wildman–Crippen MR) is 69.4 cm³/mol. The van der Waals surface area contributed by atoms with E-state index in [0.29, 0.717) is 6.29 Å². The quantitative estimate of drug-likeness (QED) is 0.854. The molecule has 0 saturated carbocycles. The third-order valence-electron chi connectivity index (χ3n) is 2.36. The molecule has 0 aliphatic rings. The molecular formula is C14H10O3S. The number of hydrogen-bond acceptors (Lipinski definition) is 3. The van der Waals surface area contributed by atoms with Crippen molar-refractivity contribution in [2.75, 3.05) is 0 Å². The van der Waals surface area contributed by atoms with Crippen LogP contribution in [-0.4, -0.2) is 17.4 Å². The maximum absolute atomic E-state index is 11.0. The van der Waals surface area contributed by atoms with Gasteiger partial charge in [0.05, 0.1) is 5.56 Å². The van der Waals surface area contributed by atoms with Gasteiger partial charge in [-0.15, -0.1) is 0 Å². The van der Waals surface area contributed by atoms with Crippen LogP contribution in [0.15, 0.2) is 58.3 Å². The fourth-order valence-electron chi connectivity index (χ4n) is 1.51. The zero-order valence-electron chi connectivity index (χ0n) is 9.37. The summed E-state index contributed by atoms with van der Waals surface area (Å²) < 4.78 is 0. The van der Waals surface area contributed by atoms with Crippen molar-refractivity contribution in [3.05, 3.63) is 59.7 Å². The summed E-state index contributed by atoms with van der Waals surface area (Å²) in [4.78, 5) is 23.6. The first-order valence-electron chi connectivity index (χ1n) is 5.26. The van der Waals surface area contributed by atoms with Crippen LogP contribution in [0.4, 0.5) is 0 Å². The van der Waals surface area contributed by atoms with Gasteiger partial charge in [0.15, 0.2) is 6.29 Å². The number of carbonyl (C=O) groups excluding carboxylic acids is 1. The summed E-state index contributed by atoms with van der Waals surface area (Å²) in [5.41, 5.74) is 0.228. The number of aldehydes is 1. The summed E-state index contributed by atoms with van der Waals surface area (Å²) in [6.45, 7) is 0. The van der Waals surface area contributed by atoms with E-state index in [1.54, 1.807) is 6.07 Å². The van der Waals surface area contributed by atoms with Crippen molar-refractivity contribution in [3.8, 4) is 0 Å². The molecule has 1 N–H and O–H groups in total. The van der Waals surface area contributed by atoms with E-state index in [2.05, 4.69) is 0 Å². The molecule has 2 aromatic rings. The van der Waals surface area contributed by atoms with Crippen molar-refractivity contribution >= 4 is 24.0 Å². The summed E-state index contributed by atoms with van der Waals surface area (Å²) >= 11 is 1.46. The van der Waals surface area contributed by atoms with Crippen molar-refractivity contribution in [1.29, 1.82) is 0 Å². The largest absolute Gasteiger partial charge is 0.478 e. The van der Waals surface area contributed by atoms with Gasteiger partial charge in [0.1, 0.15) is 0 Å². The van der Waals surface area contributed by atoms with Crippen molar-refractivity contribution in [2.24, 2.45) is 0 Å². The van der Waals surface area contributed by atoms with Gasteiger partial charge in [0.25, 0.3) is 0 Å². The summed E-state index contributed by atoms with van der Waals surface area (Å²) in [5.74, 6) is -1.09. The molecule has 0 aliphatic heterocycles. The molecule has 0 spiro atoms. The Balaban J connectivity index is 2.33. The Bertz CT molecular complexity index is 579. The van der Waals surface area contributed by atoms with Gasteiger partial charge in [-0.05, 0) is 30.3 Å². The first-order chi connectivity index (χ1) is 8.70. The van der Waals surface area contributed by atoms with Gasteiger partial charge in [0, 0.05) is 15.4 Å². The maximum atomic E-state index is 11.0. The number of aromatic carboxylic acids is 1. The molecule has 4 heteroatoms. The highest BCUT2D eigenvalue weighted by Crippen LogP contribution is 2.28. The average Bonchev–Trinajstić information content (AvgIpc) is 2.40. The van der Waals surface area contributed by atoms with Crippen LogP contribution in [0, 0.1) is 0 Å². The van der Waals surface area contributed by atoms with E-state index >= 15 is 0 Å². The lowest BCUT2D eigenvalue weighted by molar-refractivity contribution is 0.0693. The first-order valence-corrected chi connectivity index (χ1v) is 6.08. The van der Waals surface area contributed by atoms with Crippen LogP contribution in [0.25, 0.3) is 0 Å². The Kier molecular flexibility index (Phi) is 3.79. The molecule has 2 rings (SSSR count). The molecule has 0 radical (unpaired) electrons. The highest BCUT2D eigenvalue weighted by atomic mass is 32.2. The summed E-state index contributed by atoms with van der Waals surface area (Å²) in [6, 6.07) is 14.4. The van der Waals surface area contributed by atoms with Crippen LogP contribution in [0.5, 0.6) is 0 Å². The highest BCUT2D eigenvalue weighted by molar-refractivity contribution is 7.99. The summed E-state index contributed by atoms with van der Waals surface area (Å²) in [7, 11) is 0. The second-order valence-electron chi connectivity index (χ2n) is 3.59. The Morgan fingerprint density at radius 1 is 1.06 bits per heavy atom. The lowest BCUT2D eigenvalue weighted by atomic mass is 10.1. The number of hydrogen-bond donors (Lipinski definition) is 1. The van der Waals surface area contributed by atoms with Crippen molar-refractivity contribution in [1.82, 2.24) is 0 Å². The molecule has 0 bridgehead atoms. The molecule has 18 heavy (non-hydrogen) atoms. The Labute approximate surface area is 108 Å². The van der Waals surface area contributed by atoms with E-state index in [1.807, 2.05) is 30.3 Å². The zero-order valence-corrected chi connectivity index (χ0v) is 10.2. The monoisotopic (exact) mass is 258 g/mol. The standard InChI is InChI=1S/C14H10O3S/c15-9-10-6-7-12(8-13(10)14(16)17)18-11-4-2-1-3-5-11/h1-9H,(H,16,17). The van der Waals surface area contributed by atoms with Gasteiger partial charge in [-0.3, -0.25) is 4.79 Å². The van der Waals surface area contributed by atoms with Crippen LogP contribution in [-0.2, 0) is 0 Å². The molecule has 0 aromatic heterocycles. The lowest BCUT2D eigenvalue weighted by Crippen LogP contribution is -2.01. The van der Waals surface area contributed by atoms with Gasteiger partial charge in [-0.1, -0.05) is 30.0 Å². The maximum Gasteiger partial charge on any atom is 0.336 e. The fraction of sp³-hybridized carbons (Fsp3) is 0. The molecule has 2 aromatic carbocycles. The van der Waals surface area contributed by atoms with Gasteiger partial charge >= 0.3 is 5.97 Å². The van der Waals surface area contributed by atoms with Crippen LogP contribution >= 0.6 is 11.8 Å². The minimum absolute atomic E-state index is 0.0333. The molecule has 0 atom stereocenters. The van der Waals surface area contributed by atoms with E-state index in [0.717, 1.165) is 9.79 Å². The second kappa shape index (κ2) is 5.51. The SMILES string of the molecule is O=Cc1ccc(Sc2ccccc2)cc1C(=O)O. The van der Waals surface area contributed by atoms with Gasteiger partial charge in [0.2, 0.25) is 0 Å². The van der Waals surface area contributed by atoms with Gasteiger partial charge in [-0.25, -0.2) is 4.79 Å². The smallest absolute Gasteiger partial charge is 0.336 e. The minimum atomic E-state index is -1.09. The molecule has 90 valence electrons. The molecule has 0 amide bonds. The van der Waals surface area contributed by atoms with Gasteiger partial charge in [-0.2, -0.15) is 0 Å². The van der Waals surface area contributed by atoms with E-state index < -0.39 is 5.97 Å². The Morgan fingerprint density at radius 3 is 2.39 bits per heavy atom. The fourth-order valence-corrected chi connectivity index (χ4v) is 2.39. The van der Waals surface area contributed by atoms with Crippen LogP contribution in [0.3, 0.4) is 0 Å². The number of rotatable bonds is 4. The molecule has 0 aliphatic carbocycles. The van der Waals surface area contributed by atoms with E-state index in [9.17, 15) is 9.59 Å². The van der Waals surface area contributed by atoms with Crippen LogP contribution < -0.4 is 0 Å². The Hall–Kier alpha value is -2.07. The zero-order chi connectivity index (χ0) is 13.0. The van der Waals surface area contributed by atoms with E-state index in [-0.39, 0.29) is 11.1 Å². The topological polar surface area (TPSA) is 54.4 Å².